The number of hydrogen-bond acceptors (Lipinski definition) is 9. The number of allylic oxidation sites excluding steroid dienone is 1. The van der Waals surface area contributed by atoms with Gasteiger partial charge in [0.05, 0.1) is 42.6 Å². The Morgan fingerprint density at radius 3 is 2.65 bits per heavy atom. The van der Waals surface area contributed by atoms with Crippen molar-refractivity contribution < 1.29 is 33.8 Å². The summed E-state index contributed by atoms with van der Waals surface area (Å²) >= 11 is 3.70. The molecule has 3 aliphatic rings. The molecule has 1 aromatic heterocycles. The number of halogens is 1. The number of nitrogens with zero attached hydrogens (tertiary/aromatic N) is 5. The third kappa shape index (κ3) is 6.96. The fraction of sp³-hybridized carbons (Fsp3) is 0.459. The van der Waals surface area contributed by atoms with E-state index in [4.69, 9.17) is 9.47 Å². The lowest BCUT2D eigenvalue weighted by Gasteiger charge is -2.39. The van der Waals surface area contributed by atoms with Gasteiger partial charge in [-0.3, -0.25) is 19.2 Å². The number of alkyl halides is 1. The minimum Gasteiger partial charge on any atom is -0.460 e. The molecule has 1 unspecified atom stereocenters. The Bertz CT molecular complexity index is 1790. The number of rotatable bonds is 16. The van der Waals surface area contributed by atoms with Gasteiger partial charge in [0.15, 0.2) is 0 Å². The number of amides is 3. The van der Waals surface area contributed by atoms with Crippen molar-refractivity contribution in [1.29, 1.82) is 0 Å². The first-order valence-electron chi connectivity index (χ1n) is 17.2. The smallest absolute Gasteiger partial charge is 0.312 e. The topological polar surface area (TPSA) is 156 Å². The molecule has 8 atom stereocenters. The number of para-hydroxylation sites is 1. The highest BCUT2D eigenvalue weighted by molar-refractivity contribution is 9.09. The zero-order valence-corrected chi connectivity index (χ0v) is 30.1. The summed E-state index contributed by atoms with van der Waals surface area (Å²) in [5.41, 5.74) is 0.854. The van der Waals surface area contributed by atoms with Gasteiger partial charge in [0, 0.05) is 17.8 Å². The molecule has 3 fully saturated rings. The zero-order valence-electron chi connectivity index (χ0n) is 28.5. The molecule has 14 heteroatoms. The van der Waals surface area contributed by atoms with Crippen LogP contribution in [0, 0.1) is 11.8 Å². The summed E-state index contributed by atoms with van der Waals surface area (Å²) in [6.07, 6.45) is 3.15. The second-order valence-electron chi connectivity index (χ2n) is 13.4. The molecule has 0 aliphatic carbocycles. The van der Waals surface area contributed by atoms with E-state index in [-0.39, 0.29) is 49.8 Å². The number of aliphatic hydroxyl groups is 1. The van der Waals surface area contributed by atoms with Crippen molar-refractivity contribution in [1.82, 2.24) is 30.1 Å². The van der Waals surface area contributed by atoms with E-state index in [9.17, 15) is 19.5 Å². The maximum Gasteiger partial charge on any atom is 0.312 e. The summed E-state index contributed by atoms with van der Waals surface area (Å²) in [6.45, 7) is 8.97. The van der Waals surface area contributed by atoms with E-state index >= 15 is 4.79 Å². The summed E-state index contributed by atoms with van der Waals surface area (Å²) in [4.78, 5) is 58.6. The molecule has 2 aromatic carbocycles. The fourth-order valence-electron chi connectivity index (χ4n) is 7.77. The molecule has 6 rings (SSSR count). The molecule has 1 spiro atoms. The third-order valence-corrected chi connectivity index (χ3v) is 10.9. The Balaban J connectivity index is 1.34. The number of esters is 1. The van der Waals surface area contributed by atoms with Crippen LogP contribution in [0.15, 0.2) is 79.9 Å². The van der Waals surface area contributed by atoms with Crippen LogP contribution in [0.5, 0.6) is 0 Å². The Labute approximate surface area is 304 Å². The van der Waals surface area contributed by atoms with Crippen LogP contribution < -0.4 is 5.32 Å². The van der Waals surface area contributed by atoms with Gasteiger partial charge in [-0.15, -0.1) is 18.3 Å². The molecule has 3 amide bonds. The second kappa shape index (κ2) is 15.5. The largest absolute Gasteiger partial charge is 0.460 e. The third-order valence-electron chi connectivity index (χ3n) is 10.0. The number of likely N-dealkylation sites (tertiary alicyclic amines) is 1. The second-order valence-corrected chi connectivity index (χ2v) is 14.6. The first-order chi connectivity index (χ1) is 24.6. The van der Waals surface area contributed by atoms with Crippen molar-refractivity contribution in [3.8, 4) is 0 Å². The van der Waals surface area contributed by atoms with E-state index in [1.165, 1.54) is 9.80 Å². The summed E-state index contributed by atoms with van der Waals surface area (Å²) in [5, 5.41) is 22.1. The summed E-state index contributed by atoms with van der Waals surface area (Å²) in [5.74, 6) is -3.80. The lowest BCUT2D eigenvalue weighted by molar-refractivity contribution is -0.160. The highest BCUT2D eigenvalue weighted by atomic mass is 79.9. The van der Waals surface area contributed by atoms with Gasteiger partial charge in [0.2, 0.25) is 17.7 Å². The van der Waals surface area contributed by atoms with E-state index in [0.717, 1.165) is 11.1 Å². The van der Waals surface area contributed by atoms with Crippen LogP contribution in [0.3, 0.4) is 0 Å². The molecule has 2 bridgehead atoms. The lowest BCUT2D eigenvalue weighted by atomic mass is 9.70. The Kier molecular flexibility index (Phi) is 11.0. The van der Waals surface area contributed by atoms with Gasteiger partial charge < -0.3 is 29.7 Å². The molecule has 3 aromatic rings. The molecule has 2 N–H and O–H groups in total. The fourth-order valence-corrected chi connectivity index (χ4v) is 8.72. The first-order valence-corrected chi connectivity index (χ1v) is 18.1. The average Bonchev–Trinajstić information content (AvgIpc) is 3.85. The van der Waals surface area contributed by atoms with Crippen LogP contribution in [0.1, 0.15) is 31.7 Å². The quantitative estimate of drug-likeness (QED) is 0.127. The van der Waals surface area contributed by atoms with Crippen LogP contribution in [-0.4, -0.2) is 108 Å². The number of ether oxygens (including phenoxy) is 2. The zero-order chi connectivity index (χ0) is 36.3. The first kappa shape index (κ1) is 36.4. The van der Waals surface area contributed by atoms with Crippen molar-refractivity contribution in [3.63, 3.8) is 0 Å². The van der Waals surface area contributed by atoms with E-state index in [1.807, 2.05) is 54.6 Å². The number of hydrogen-bond donors (Lipinski definition) is 2. The van der Waals surface area contributed by atoms with Crippen molar-refractivity contribution in [3.05, 3.63) is 85.5 Å². The average molecular weight is 764 g/mol. The monoisotopic (exact) mass is 762 g/mol. The van der Waals surface area contributed by atoms with Gasteiger partial charge >= 0.3 is 5.97 Å². The van der Waals surface area contributed by atoms with E-state index in [0.29, 0.717) is 11.9 Å². The maximum atomic E-state index is 15.0. The van der Waals surface area contributed by atoms with E-state index in [2.05, 4.69) is 44.7 Å². The van der Waals surface area contributed by atoms with Crippen LogP contribution in [-0.2, 0) is 41.7 Å². The predicted molar refractivity (Wildman–Crippen MR) is 191 cm³/mol. The molecule has 3 saturated heterocycles. The summed E-state index contributed by atoms with van der Waals surface area (Å²) in [6, 6.07) is 14.8. The molecule has 0 radical (unpaired) electrons. The van der Waals surface area contributed by atoms with Gasteiger partial charge in [0.1, 0.15) is 29.9 Å². The number of benzene rings is 2. The molecule has 0 saturated carbocycles. The number of nitrogens with one attached hydrogen (secondary N) is 1. The minimum atomic E-state index is -1.40. The van der Waals surface area contributed by atoms with Crippen molar-refractivity contribution in [2.75, 3.05) is 19.7 Å². The Morgan fingerprint density at radius 1 is 1.18 bits per heavy atom. The number of carbonyl (C=O) groups excluding carboxylic acids is 4. The molecule has 270 valence electrons. The van der Waals surface area contributed by atoms with Gasteiger partial charge in [-0.25, -0.2) is 4.68 Å². The number of fused-ring (bicyclic) bond motifs is 2. The highest BCUT2D eigenvalue weighted by Crippen LogP contribution is 2.61. The van der Waals surface area contributed by atoms with Crippen molar-refractivity contribution in [2.45, 2.75) is 74.0 Å². The molecular formula is C37H43BrN6O7. The Hall–Kier alpha value is -4.40. The molecular weight excluding hydrogens is 720 g/mol. The van der Waals surface area contributed by atoms with Crippen molar-refractivity contribution in [2.24, 2.45) is 11.8 Å². The maximum absolute atomic E-state index is 15.0. The number of aromatic nitrogens is 3. The van der Waals surface area contributed by atoms with Crippen LogP contribution >= 0.6 is 15.9 Å². The van der Waals surface area contributed by atoms with Gasteiger partial charge in [0.25, 0.3) is 0 Å². The summed E-state index contributed by atoms with van der Waals surface area (Å²) in [7, 11) is 0. The Morgan fingerprint density at radius 2 is 1.92 bits per heavy atom. The van der Waals surface area contributed by atoms with Gasteiger partial charge in [-0.05, 0) is 43.9 Å². The van der Waals surface area contributed by atoms with Gasteiger partial charge in [-0.2, -0.15) is 0 Å². The van der Waals surface area contributed by atoms with Crippen LogP contribution in [0.4, 0.5) is 0 Å². The number of carbonyl (C=O) groups is 4. The molecule has 51 heavy (non-hydrogen) atoms. The normalized spacial score (nSPS) is 26.1. The number of aliphatic hydroxyl groups excluding tert-OH is 1. The van der Waals surface area contributed by atoms with E-state index < -0.39 is 66.1 Å². The van der Waals surface area contributed by atoms with E-state index in [1.54, 1.807) is 23.8 Å². The SMILES string of the molecule is C=CCCC(=O)NC[C@@H](C)OC(=O)[C@@H]1[C@H]2O[C@@]3(CC2Br)[C@H](C(=O)N(CC=C)Cn2nnc4ccccc42)N([C@@H](CO)Cc2ccccc2)C(=O)[C@@H]13. The van der Waals surface area contributed by atoms with Crippen molar-refractivity contribution >= 4 is 50.7 Å². The highest BCUT2D eigenvalue weighted by Gasteiger charge is 2.77. The standard InChI is InChI=1S/C37H43BrN6O7/c1-4-6-16-29(46)39-20-23(3)50-36(49)30-31-34(47)44(25(21-45)18-24-12-8-7-9-13-24)33(37(31)19-26(38)32(30)51-37)35(48)42(17-5-2)22-43-28-15-11-10-14-27(28)40-41-43/h4-5,7-15,23,25-26,30-33,45H,1-2,6,16-22H2,3H3,(H,39,46)/t23-,25-,26?,30+,31-,32+,33+,37-/m1/s1. The van der Waals surface area contributed by atoms with Crippen LogP contribution in [0.25, 0.3) is 11.0 Å². The molecule has 4 heterocycles. The predicted octanol–water partition coefficient (Wildman–Crippen LogP) is 2.77. The lowest BCUT2D eigenvalue weighted by Crippen LogP contribution is -2.59. The molecule has 13 nitrogen and oxygen atoms in total. The summed E-state index contributed by atoms with van der Waals surface area (Å²) < 4.78 is 14.1. The minimum absolute atomic E-state index is 0.00972. The van der Waals surface area contributed by atoms with Crippen LogP contribution in [0.2, 0.25) is 0 Å². The van der Waals surface area contributed by atoms with Gasteiger partial charge in [-0.1, -0.05) is 75.8 Å². The molecule has 3 aliphatic heterocycles.